The van der Waals surface area contributed by atoms with Crippen molar-refractivity contribution < 1.29 is 21.1 Å². The van der Waals surface area contributed by atoms with Gasteiger partial charge in [-0.3, -0.25) is 6.42 Å². The molecule has 0 unspecified atom stereocenters. The largest absolute Gasteiger partial charge is 4.00 e. The van der Waals surface area contributed by atoms with Crippen LogP contribution in [0.2, 0.25) is 0 Å². The summed E-state index contributed by atoms with van der Waals surface area (Å²) in [5, 5.41) is 0. The Bertz CT molecular complexity index is 1550. The van der Waals surface area contributed by atoms with Crippen LogP contribution in [0.4, 0.5) is 22.7 Å². The molecule has 0 aliphatic heterocycles. The van der Waals surface area contributed by atoms with Gasteiger partial charge >= 0.3 is 21.1 Å². The van der Waals surface area contributed by atoms with Crippen molar-refractivity contribution in [2.45, 2.75) is 299 Å². The van der Waals surface area contributed by atoms with Crippen molar-refractivity contribution in [1.82, 2.24) is 0 Å². The van der Waals surface area contributed by atoms with Crippen LogP contribution >= 0.6 is 0 Å². The minimum absolute atomic E-state index is 0. The molecule has 0 N–H and O–H groups in total. The number of unbranched alkanes of at least 4 members (excludes halogenated alkanes) is 6. The van der Waals surface area contributed by atoms with E-state index in [9.17, 15) is 0 Å². The Hall–Kier alpha value is -3.23. The van der Waals surface area contributed by atoms with Gasteiger partial charge in [0.1, 0.15) is 0 Å². The standard InChI is InChI=1S/C28H44N2.C28H40N2.12C2H6.Pt/c2*1-5-9-10-15-22-30(28-20-14-12-18-26(28)8-4)24-16-23-29(21-6-2)27-19-13-11-17-25(27)7-3;12*1-2;/h11-14,17-20H,5-10,15-16,21-24H2,1-4H3;5-6,11-20H,7-10,21-24H2,1-4H3;12*1-2H3;/q;-4;;;;;;;;;;;;;+4. The fourth-order valence-corrected chi connectivity index (χ4v) is 8.29. The van der Waals surface area contributed by atoms with E-state index in [0.717, 1.165) is 84.3 Å². The van der Waals surface area contributed by atoms with E-state index in [1.165, 1.54) is 90.1 Å². The molecule has 0 bridgehead atoms. The molecule has 0 heterocycles. The van der Waals surface area contributed by atoms with Crippen LogP contribution in [0.15, 0.2) is 97.1 Å². The quantitative estimate of drug-likeness (QED) is 0.0381. The molecule has 506 valence electrons. The van der Waals surface area contributed by atoms with Gasteiger partial charge in [0.15, 0.2) is 0 Å². The Balaban J connectivity index is -0.000000105. The molecule has 0 aliphatic carbocycles. The smallest absolute Gasteiger partial charge is 0.431 e. The van der Waals surface area contributed by atoms with Crippen LogP contribution in [0.25, 0.3) is 0 Å². The molecule has 4 nitrogen and oxygen atoms in total. The van der Waals surface area contributed by atoms with E-state index < -0.39 is 0 Å². The van der Waals surface area contributed by atoms with E-state index in [0.29, 0.717) is 0 Å². The number of rotatable bonds is 30. The maximum atomic E-state index is 2.66. The van der Waals surface area contributed by atoms with Gasteiger partial charge in [0.05, 0.1) is 0 Å². The molecule has 0 atom stereocenters. The normalized spacial score (nSPS) is 8.56. The number of hydrogen-bond donors (Lipinski definition) is 0. The van der Waals surface area contributed by atoms with Crippen LogP contribution < -0.4 is 19.6 Å². The average Bonchev–Trinajstić information content (AvgIpc) is 3.61. The molecule has 0 fully saturated rings. The summed E-state index contributed by atoms with van der Waals surface area (Å²) in [7, 11) is 0. The second-order valence-electron chi connectivity index (χ2n) is 16.1. The van der Waals surface area contributed by atoms with Gasteiger partial charge in [-0.05, 0) is 91.5 Å². The fourth-order valence-electron chi connectivity index (χ4n) is 8.29. The third-order valence-electron chi connectivity index (χ3n) is 11.6. The molecule has 0 amide bonds. The second-order valence-corrected chi connectivity index (χ2v) is 16.1. The first-order valence-electron chi connectivity index (χ1n) is 36.0. The van der Waals surface area contributed by atoms with Crippen molar-refractivity contribution in [1.29, 1.82) is 0 Å². The summed E-state index contributed by atoms with van der Waals surface area (Å²) in [6.45, 7) is 74.3. The molecule has 85 heavy (non-hydrogen) atoms. The summed E-state index contributed by atoms with van der Waals surface area (Å²) in [5.74, 6) is 0. The molecule has 0 aliphatic rings. The molecule has 0 saturated heterocycles. The van der Waals surface area contributed by atoms with Crippen LogP contribution in [-0.2, 0) is 46.7 Å². The zero-order chi connectivity index (χ0) is 67.2. The van der Waals surface area contributed by atoms with Gasteiger partial charge in [-0.2, -0.15) is 13.8 Å². The SMILES string of the molecule is CC.CC.CC.CC.CC.CC.CC.CC.CC.CC.CC.CC.CCCCCCN(CCCN(CCC)c1ccccc1CC)c1ccccc1CC.C[CH-]CC[CH-]CN(C[CH-]CN(C[CH-]C)c1ccccc1CC)c1ccccc1CC.[Pt+4]. The van der Waals surface area contributed by atoms with E-state index in [1.807, 2.05) is 166 Å². The predicted octanol–water partition coefficient (Wildman–Crippen LogP) is 26.6. The van der Waals surface area contributed by atoms with Gasteiger partial charge in [-0.1, -0.05) is 300 Å². The molecular weight excluding hydrogens is 1210 g/mol. The summed E-state index contributed by atoms with van der Waals surface area (Å²) in [6, 6.07) is 35.6. The average molecular weight is 1370 g/mol. The third-order valence-corrected chi connectivity index (χ3v) is 11.6. The van der Waals surface area contributed by atoms with Crippen LogP contribution in [0.5, 0.6) is 0 Å². The van der Waals surface area contributed by atoms with Crippen molar-refractivity contribution in [2.24, 2.45) is 0 Å². The Labute approximate surface area is 556 Å². The minimum atomic E-state index is 0. The van der Waals surface area contributed by atoms with Crippen molar-refractivity contribution >= 4 is 22.7 Å². The van der Waals surface area contributed by atoms with E-state index in [4.69, 9.17) is 0 Å². The number of anilines is 4. The van der Waals surface area contributed by atoms with Crippen molar-refractivity contribution in [2.75, 3.05) is 72.0 Å². The van der Waals surface area contributed by atoms with Gasteiger partial charge in [-0.15, -0.1) is 26.2 Å². The van der Waals surface area contributed by atoms with Gasteiger partial charge in [-0.25, -0.2) is 12.8 Å². The van der Waals surface area contributed by atoms with Crippen LogP contribution in [-0.4, -0.2) is 52.4 Å². The first kappa shape index (κ1) is 107. The topological polar surface area (TPSA) is 13.0 Å². The second kappa shape index (κ2) is 97.1. The predicted molar refractivity (Wildman–Crippen MR) is 405 cm³/mol. The number of nitrogens with zero attached hydrogens (tertiary/aromatic N) is 4. The van der Waals surface area contributed by atoms with Crippen molar-refractivity contribution in [3.8, 4) is 0 Å². The Morgan fingerprint density at radius 3 is 0.847 bits per heavy atom. The summed E-state index contributed by atoms with van der Waals surface area (Å²) in [5.41, 5.74) is 11.4. The third kappa shape index (κ3) is 55.8. The van der Waals surface area contributed by atoms with E-state index in [2.05, 4.69) is 198 Å². The fraction of sp³-hybridized carbons (Fsp3) is 0.650. The Morgan fingerprint density at radius 2 is 0.553 bits per heavy atom. The zero-order valence-corrected chi connectivity index (χ0v) is 66.1. The summed E-state index contributed by atoms with van der Waals surface area (Å²) < 4.78 is 0. The molecule has 4 aromatic carbocycles. The summed E-state index contributed by atoms with van der Waals surface area (Å²) in [6.07, 6.45) is 23.7. The van der Waals surface area contributed by atoms with Crippen LogP contribution in [0.1, 0.15) is 295 Å². The van der Waals surface area contributed by atoms with Gasteiger partial charge in [0, 0.05) is 48.9 Å². The number of aryl methyl sites for hydroxylation is 4. The monoisotopic (exact) mass is 1370 g/mol. The van der Waals surface area contributed by atoms with Crippen LogP contribution in [0.3, 0.4) is 0 Å². The Kier molecular flexibility index (Phi) is 122. The van der Waals surface area contributed by atoms with Crippen molar-refractivity contribution in [3.05, 3.63) is 145 Å². The number of para-hydroxylation sites is 4. The molecule has 5 heteroatoms. The molecule has 0 saturated carbocycles. The number of hydrogen-bond acceptors (Lipinski definition) is 4. The molecule has 0 radical (unpaired) electrons. The van der Waals surface area contributed by atoms with Crippen molar-refractivity contribution in [3.63, 3.8) is 0 Å². The minimum Gasteiger partial charge on any atom is -0.431 e. The molecule has 0 spiro atoms. The Morgan fingerprint density at radius 1 is 0.271 bits per heavy atom. The molecular formula is C80H156N4Pt. The maximum absolute atomic E-state index is 2.66. The van der Waals surface area contributed by atoms with E-state index in [-0.39, 0.29) is 21.1 Å². The van der Waals surface area contributed by atoms with E-state index >= 15 is 0 Å². The summed E-state index contributed by atoms with van der Waals surface area (Å²) >= 11 is 0. The van der Waals surface area contributed by atoms with Gasteiger partial charge in [0.2, 0.25) is 0 Å². The maximum Gasteiger partial charge on any atom is 4.00 e. The zero-order valence-electron chi connectivity index (χ0n) is 63.8. The first-order chi connectivity index (χ1) is 41.5. The molecule has 4 aromatic rings. The van der Waals surface area contributed by atoms with Gasteiger partial charge < -0.3 is 38.9 Å². The van der Waals surface area contributed by atoms with Crippen LogP contribution in [0, 0.1) is 25.7 Å². The van der Waals surface area contributed by atoms with E-state index in [1.54, 1.807) is 0 Å². The summed E-state index contributed by atoms with van der Waals surface area (Å²) in [4.78, 5) is 10.3. The number of benzene rings is 4. The first-order valence-corrected chi connectivity index (χ1v) is 36.0. The molecule has 0 aromatic heterocycles. The molecule has 4 rings (SSSR count). The van der Waals surface area contributed by atoms with Gasteiger partial charge in [0.25, 0.3) is 0 Å².